The minimum absolute atomic E-state index is 0.0934. The molecule has 1 saturated heterocycles. The second kappa shape index (κ2) is 9.15. The molecule has 1 fully saturated rings. The van der Waals surface area contributed by atoms with E-state index in [0.29, 0.717) is 50.6 Å². The van der Waals surface area contributed by atoms with Gasteiger partial charge < -0.3 is 9.64 Å². The highest BCUT2D eigenvalue weighted by atomic mass is 32.2. The van der Waals surface area contributed by atoms with Crippen LogP contribution in [0.5, 0.6) is 0 Å². The fourth-order valence-electron chi connectivity index (χ4n) is 3.53. The average Bonchev–Trinajstić information content (AvgIpc) is 2.71. The van der Waals surface area contributed by atoms with Crippen molar-refractivity contribution in [3.8, 4) is 0 Å². The number of hydrogen-bond donors (Lipinski definition) is 0. The minimum atomic E-state index is -3.21. The van der Waals surface area contributed by atoms with Crippen molar-refractivity contribution < 1.29 is 17.5 Å². The Hall–Kier alpha value is -2.10. The third kappa shape index (κ3) is 4.91. The van der Waals surface area contributed by atoms with Crippen LogP contribution in [-0.4, -0.2) is 61.7 Å². The van der Waals surface area contributed by atoms with E-state index in [9.17, 15) is 12.8 Å². The van der Waals surface area contributed by atoms with Gasteiger partial charge in [-0.05, 0) is 25.5 Å². The summed E-state index contributed by atoms with van der Waals surface area (Å²) in [6, 6.07) is 6.65. The van der Waals surface area contributed by atoms with Gasteiger partial charge in [0.25, 0.3) is 0 Å². The molecule has 7 nitrogen and oxygen atoms in total. The Morgan fingerprint density at radius 1 is 1.14 bits per heavy atom. The number of methoxy groups -OCH3 is 1. The summed E-state index contributed by atoms with van der Waals surface area (Å²) in [6.45, 7) is 5.60. The van der Waals surface area contributed by atoms with Crippen LogP contribution in [0.25, 0.3) is 0 Å². The van der Waals surface area contributed by atoms with E-state index < -0.39 is 10.0 Å². The summed E-state index contributed by atoms with van der Waals surface area (Å²) in [4.78, 5) is 11.2. The number of aryl methyl sites for hydroxylation is 1. The summed E-state index contributed by atoms with van der Waals surface area (Å²) >= 11 is 0. The second-order valence-electron chi connectivity index (χ2n) is 7.01. The molecule has 158 valence electrons. The van der Waals surface area contributed by atoms with E-state index in [1.807, 2.05) is 6.92 Å². The average molecular weight is 423 g/mol. The predicted octanol–water partition coefficient (Wildman–Crippen LogP) is 2.13. The molecule has 3 rings (SSSR count). The Kier molecular flexibility index (Phi) is 6.81. The molecular formula is C20H27FN4O3S. The van der Waals surface area contributed by atoms with Crippen LogP contribution in [0.3, 0.4) is 0 Å². The number of sulfonamides is 1. The quantitative estimate of drug-likeness (QED) is 0.681. The first kappa shape index (κ1) is 21.6. The Balaban J connectivity index is 1.95. The number of benzene rings is 1. The maximum Gasteiger partial charge on any atom is 0.213 e. The summed E-state index contributed by atoms with van der Waals surface area (Å²) in [5.41, 5.74) is 2.10. The van der Waals surface area contributed by atoms with Crippen molar-refractivity contribution in [1.82, 2.24) is 14.3 Å². The third-order valence-corrected chi connectivity index (χ3v) is 6.97. The van der Waals surface area contributed by atoms with E-state index in [0.717, 1.165) is 17.1 Å². The standard InChI is InChI=1S/C20H27FN4O3S/c1-4-29(26,27)25-11-9-24(10-12-25)20-17(13-16-7-5-6-8-18(16)21)19(14-28-3)22-15(2)23-20/h5-8H,4,9-14H2,1-3H3. The van der Waals surface area contributed by atoms with Gasteiger partial charge in [-0.1, -0.05) is 18.2 Å². The number of aromatic nitrogens is 2. The molecular weight excluding hydrogens is 395 g/mol. The summed E-state index contributed by atoms with van der Waals surface area (Å²) in [7, 11) is -1.62. The predicted molar refractivity (Wildman–Crippen MR) is 110 cm³/mol. The van der Waals surface area contributed by atoms with Crippen molar-refractivity contribution in [2.24, 2.45) is 0 Å². The van der Waals surface area contributed by atoms with Gasteiger partial charge >= 0.3 is 0 Å². The fourth-order valence-corrected chi connectivity index (χ4v) is 4.61. The van der Waals surface area contributed by atoms with Crippen LogP contribution in [0, 0.1) is 12.7 Å². The zero-order valence-corrected chi connectivity index (χ0v) is 17.9. The third-order valence-electron chi connectivity index (χ3n) is 5.09. The highest BCUT2D eigenvalue weighted by molar-refractivity contribution is 7.89. The fraction of sp³-hybridized carbons (Fsp3) is 0.500. The van der Waals surface area contributed by atoms with Gasteiger partial charge in [0.15, 0.2) is 0 Å². The minimum Gasteiger partial charge on any atom is -0.378 e. The lowest BCUT2D eigenvalue weighted by Crippen LogP contribution is -2.49. The molecule has 2 heterocycles. The van der Waals surface area contributed by atoms with Crippen molar-refractivity contribution in [2.75, 3.05) is 43.9 Å². The Labute approximate surface area is 171 Å². The lowest BCUT2D eigenvalue weighted by molar-refractivity contribution is 0.180. The second-order valence-corrected chi connectivity index (χ2v) is 9.27. The van der Waals surface area contributed by atoms with Crippen LogP contribution >= 0.6 is 0 Å². The van der Waals surface area contributed by atoms with E-state index in [4.69, 9.17) is 4.74 Å². The topological polar surface area (TPSA) is 75.6 Å². The molecule has 0 bridgehead atoms. The highest BCUT2D eigenvalue weighted by Gasteiger charge is 2.28. The molecule has 1 aromatic carbocycles. The SMILES string of the molecule is CCS(=O)(=O)N1CCN(c2nc(C)nc(COC)c2Cc2ccccc2F)CC1. The normalized spacial score (nSPS) is 15.7. The van der Waals surface area contributed by atoms with Crippen LogP contribution < -0.4 is 4.90 Å². The maximum absolute atomic E-state index is 14.3. The molecule has 0 atom stereocenters. The van der Waals surface area contributed by atoms with Crippen molar-refractivity contribution in [1.29, 1.82) is 0 Å². The first-order valence-electron chi connectivity index (χ1n) is 9.67. The smallest absolute Gasteiger partial charge is 0.213 e. The molecule has 2 aromatic rings. The number of halogens is 1. The van der Waals surface area contributed by atoms with E-state index in [1.165, 1.54) is 10.4 Å². The molecule has 1 aromatic heterocycles. The van der Waals surface area contributed by atoms with Gasteiger partial charge in [-0.2, -0.15) is 4.31 Å². The Bertz CT molecular complexity index is 960. The van der Waals surface area contributed by atoms with Crippen LogP contribution in [-0.2, 0) is 27.8 Å². The molecule has 1 aliphatic heterocycles. The molecule has 0 aliphatic carbocycles. The van der Waals surface area contributed by atoms with Crippen LogP contribution in [0.4, 0.5) is 10.2 Å². The largest absolute Gasteiger partial charge is 0.378 e. The van der Waals surface area contributed by atoms with Crippen molar-refractivity contribution in [3.63, 3.8) is 0 Å². The van der Waals surface area contributed by atoms with Crippen LogP contribution in [0.2, 0.25) is 0 Å². The summed E-state index contributed by atoms with van der Waals surface area (Å²) in [6.07, 6.45) is 0.342. The van der Waals surface area contributed by atoms with Crippen molar-refractivity contribution in [2.45, 2.75) is 26.9 Å². The van der Waals surface area contributed by atoms with Crippen molar-refractivity contribution in [3.05, 3.63) is 52.7 Å². The Morgan fingerprint density at radius 2 is 1.83 bits per heavy atom. The van der Waals surface area contributed by atoms with Gasteiger partial charge in [-0.15, -0.1) is 0 Å². The van der Waals surface area contributed by atoms with Gasteiger partial charge in [0.05, 0.1) is 18.1 Å². The van der Waals surface area contributed by atoms with Gasteiger partial charge in [0, 0.05) is 45.3 Å². The van der Waals surface area contributed by atoms with Gasteiger partial charge in [0.1, 0.15) is 17.5 Å². The highest BCUT2D eigenvalue weighted by Crippen LogP contribution is 2.27. The molecule has 1 aliphatic rings. The molecule has 0 spiro atoms. The molecule has 29 heavy (non-hydrogen) atoms. The lowest BCUT2D eigenvalue weighted by atomic mass is 10.0. The van der Waals surface area contributed by atoms with Gasteiger partial charge in [0.2, 0.25) is 10.0 Å². The van der Waals surface area contributed by atoms with Gasteiger partial charge in [-0.25, -0.2) is 22.8 Å². The Morgan fingerprint density at radius 3 is 2.45 bits per heavy atom. The summed E-state index contributed by atoms with van der Waals surface area (Å²) < 4.78 is 45.5. The number of nitrogens with zero attached hydrogens (tertiary/aromatic N) is 4. The van der Waals surface area contributed by atoms with E-state index in [2.05, 4.69) is 14.9 Å². The van der Waals surface area contributed by atoms with Crippen molar-refractivity contribution >= 4 is 15.8 Å². The number of anilines is 1. The molecule has 0 saturated carbocycles. The number of rotatable bonds is 7. The number of ether oxygens (including phenoxy) is 1. The van der Waals surface area contributed by atoms with Crippen LogP contribution in [0.1, 0.15) is 29.6 Å². The van der Waals surface area contributed by atoms with E-state index in [1.54, 1.807) is 32.2 Å². The van der Waals surface area contributed by atoms with E-state index >= 15 is 0 Å². The molecule has 0 amide bonds. The van der Waals surface area contributed by atoms with E-state index in [-0.39, 0.29) is 11.6 Å². The number of piperazine rings is 1. The first-order valence-corrected chi connectivity index (χ1v) is 11.3. The zero-order chi connectivity index (χ0) is 21.0. The summed E-state index contributed by atoms with van der Waals surface area (Å²) in [5.74, 6) is 1.14. The maximum atomic E-state index is 14.3. The zero-order valence-electron chi connectivity index (χ0n) is 17.1. The number of hydrogen-bond acceptors (Lipinski definition) is 6. The van der Waals surface area contributed by atoms with Gasteiger partial charge in [-0.3, -0.25) is 0 Å². The lowest BCUT2D eigenvalue weighted by Gasteiger charge is -2.35. The molecule has 0 radical (unpaired) electrons. The summed E-state index contributed by atoms with van der Waals surface area (Å²) in [5, 5.41) is 0. The first-order chi connectivity index (χ1) is 13.9. The van der Waals surface area contributed by atoms with Crippen LogP contribution in [0.15, 0.2) is 24.3 Å². The molecule has 0 unspecified atom stereocenters. The molecule has 0 N–H and O–H groups in total. The molecule has 9 heteroatoms. The monoisotopic (exact) mass is 422 g/mol.